The van der Waals surface area contributed by atoms with Gasteiger partial charge in [-0.1, -0.05) is 0 Å². The van der Waals surface area contributed by atoms with Crippen LogP contribution in [0.4, 0.5) is 0 Å². The van der Waals surface area contributed by atoms with Crippen molar-refractivity contribution >= 4 is 17.4 Å². The van der Waals surface area contributed by atoms with Crippen molar-refractivity contribution in [2.75, 3.05) is 27.2 Å². The smallest absolute Gasteiger partial charge is 0.295 e. The number of hydrogen-bond donors (Lipinski definition) is 2. The number of nitrogens with zero attached hydrogens (tertiary/aromatic N) is 3. The molecule has 2 aromatic heterocycles. The molecular formula is C18H22N4O4. The van der Waals surface area contributed by atoms with E-state index in [1.165, 1.54) is 11.2 Å². The number of aryl methyl sites for hydroxylation is 2. The largest absolute Gasteiger partial charge is 0.507 e. The first kappa shape index (κ1) is 17.9. The molecule has 0 spiro atoms. The molecule has 0 radical (unpaired) electrons. The molecule has 0 aromatic carbocycles. The SMILES string of the molecule is Cc1n[nH]c(C)c1/C(O)=C1\C(=O)C(=O)N(CCN(C)C)C1c1ccco1. The van der Waals surface area contributed by atoms with Gasteiger partial charge in [-0.25, -0.2) is 0 Å². The zero-order valence-electron chi connectivity index (χ0n) is 15.2. The Morgan fingerprint density at radius 1 is 1.38 bits per heavy atom. The van der Waals surface area contributed by atoms with Crippen LogP contribution < -0.4 is 0 Å². The van der Waals surface area contributed by atoms with E-state index in [1.807, 2.05) is 19.0 Å². The van der Waals surface area contributed by atoms with Crippen LogP contribution >= 0.6 is 0 Å². The lowest BCUT2D eigenvalue weighted by atomic mass is 9.98. The number of ketones is 1. The van der Waals surface area contributed by atoms with E-state index in [-0.39, 0.29) is 11.3 Å². The van der Waals surface area contributed by atoms with Crippen molar-refractivity contribution in [3.8, 4) is 0 Å². The molecule has 2 N–H and O–H groups in total. The van der Waals surface area contributed by atoms with Crippen molar-refractivity contribution in [3.63, 3.8) is 0 Å². The van der Waals surface area contributed by atoms with Gasteiger partial charge in [0, 0.05) is 18.8 Å². The number of H-pyrrole nitrogens is 1. The number of hydrogen-bond acceptors (Lipinski definition) is 6. The monoisotopic (exact) mass is 358 g/mol. The van der Waals surface area contributed by atoms with Crippen LogP contribution in [0.15, 0.2) is 28.4 Å². The van der Waals surface area contributed by atoms with Crippen LogP contribution in [0.5, 0.6) is 0 Å². The minimum Gasteiger partial charge on any atom is -0.507 e. The van der Waals surface area contributed by atoms with E-state index in [0.717, 1.165) is 0 Å². The first-order valence-electron chi connectivity index (χ1n) is 8.31. The van der Waals surface area contributed by atoms with Crippen LogP contribution in [0.1, 0.15) is 28.8 Å². The minimum absolute atomic E-state index is 0.0244. The van der Waals surface area contributed by atoms with Gasteiger partial charge in [-0.15, -0.1) is 0 Å². The standard InChI is InChI=1S/C18H22N4O4/c1-10-13(11(2)20-19-10)16(23)14-15(12-6-5-9-26-12)22(8-7-21(3)4)18(25)17(14)24/h5-6,9,15,23H,7-8H2,1-4H3,(H,19,20)/b16-14+. The minimum atomic E-state index is -0.765. The first-order chi connectivity index (χ1) is 12.3. The number of aliphatic hydroxyl groups excluding tert-OH is 1. The molecule has 3 rings (SSSR count). The number of furan rings is 1. The average molecular weight is 358 g/mol. The third-order valence-corrected chi connectivity index (χ3v) is 4.51. The number of rotatable bonds is 5. The summed E-state index contributed by atoms with van der Waals surface area (Å²) in [5.41, 5.74) is 1.64. The van der Waals surface area contributed by atoms with E-state index in [0.29, 0.717) is 35.8 Å². The normalized spacial score (nSPS) is 19.7. The van der Waals surface area contributed by atoms with Gasteiger partial charge in [-0.3, -0.25) is 14.7 Å². The van der Waals surface area contributed by atoms with Crippen molar-refractivity contribution < 1.29 is 19.1 Å². The number of Topliss-reactive ketones (excluding diaryl/α,β-unsaturated/α-hetero) is 1. The summed E-state index contributed by atoms with van der Waals surface area (Å²) in [6.45, 7) is 4.39. The zero-order chi connectivity index (χ0) is 19.0. The second-order valence-electron chi connectivity index (χ2n) is 6.62. The van der Waals surface area contributed by atoms with E-state index >= 15 is 0 Å². The summed E-state index contributed by atoms with van der Waals surface area (Å²) < 4.78 is 5.48. The van der Waals surface area contributed by atoms with Crippen LogP contribution in [0.3, 0.4) is 0 Å². The summed E-state index contributed by atoms with van der Waals surface area (Å²) in [7, 11) is 3.77. The van der Waals surface area contributed by atoms with Crippen LogP contribution in [0, 0.1) is 13.8 Å². The second kappa shape index (κ2) is 6.80. The van der Waals surface area contributed by atoms with E-state index in [2.05, 4.69) is 10.2 Å². The van der Waals surface area contributed by atoms with E-state index in [4.69, 9.17) is 4.42 Å². The predicted octanol–water partition coefficient (Wildman–Crippen LogP) is 1.60. The van der Waals surface area contributed by atoms with E-state index < -0.39 is 17.7 Å². The van der Waals surface area contributed by atoms with Gasteiger partial charge in [0.25, 0.3) is 11.7 Å². The highest BCUT2D eigenvalue weighted by Gasteiger charge is 2.47. The van der Waals surface area contributed by atoms with Gasteiger partial charge in [0.15, 0.2) is 0 Å². The van der Waals surface area contributed by atoms with Gasteiger partial charge in [-0.2, -0.15) is 5.10 Å². The number of carbonyl (C=O) groups is 2. The molecule has 3 heterocycles. The van der Waals surface area contributed by atoms with Crippen LogP contribution in [0.2, 0.25) is 0 Å². The van der Waals surface area contributed by atoms with Crippen molar-refractivity contribution in [2.45, 2.75) is 19.9 Å². The lowest BCUT2D eigenvalue weighted by Gasteiger charge is -2.24. The molecule has 138 valence electrons. The molecule has 26 heavy (non-hydrogen) atoms. The van der Waals surface area contributed by atoms with Crippen LogP contribution in [0.25, 0.3) is 5.76 Å². The molecule has 1 aliphatic heterocycles. The van der Waals surface area contributed by atoms with Crippen LogP contribution in [-0.2, 0) is 9.59 Å². The maximum Gasteiger partial charge on any atom is 0.295 e. The Bertz CT molecular complexity index is 844. The number of aromatic amines is 1. The van der Waals surface area contributed by atoms with Crippen molar-refractivity contribution in [1.29, 1.82) is 0 Å². The Kier molecular flexibility index (Phi) is 4.69. The quantitative estimate of drug-likeness (QED) is 0.478. The Morgan fingerprint density at radius 3 is 2.65 bits per heavy atom. The summed E-state index contributed by atoms with van der Waals surface area (Å²) in [5.74, 6) is -1.17. The summed E-state index contributed by atoms with van der Waals surface area (Å²) in [4.78, 5) is 28.7. The number of likely N-dealkylation sites (tertiary alicyclic amines) is 1. The third-order valence-electron chi connectivity index (χ3n) is 4.51. The van der Waals surface area contributed by atoms with Crippen molar-refractivity contribution in [2.24, 2.45) is 0 Å². The summed E-state index contributed by atoms with van der Waals surface area (Å²) >= 11 is 0. The number of aliphatic hydroxyl groups is 1. The third kappa shape index (κ3) is 2.92. The van der Waals surface area contributed by atoms with Crippen molar-refractivity contribution in [1.82, 2.24) is 20.0 Å². The fourth-order valence-corrected chi connectivity index (χ4v) is 3.20. The molecule has 8 heteroatoms. The Balaban J connectivity index is 2.14. The number of likely N-dealkylation sites (N-methyl/N-ethyl adjacent to an activating group) is 1. The fraction of sp³-hybridized carbons (Fsp3) is 0.389. The first-order valence-corrected chi connectivity index (χ1v) is 8.31. The number of amides is 1. The topological polar surface area (TPSA) is 103 Å². The van der Waals surface area contributed by atoms with Gasteiger partial charge in [-0.05, 0) is 40.1 Å². The van der Waals surface area contributed by atoms with Gasteiger partial charge >= 0.3 is 0 Å². The van der Waals surface area contributed by atoms with Gasteiger partial charge in [0.2, 0.25) is 0 Å². The number of nitrogens with one attached hydrogen (secondary N) is 1. The highest BCUT2D eigenvalue weighted by Crippen LogP contribution is 2.40. The molecule has 0 saturated carbocycles. The summed E-state index contributed by atoms with van der Waals surface area (Å²) in [6, 6.07) is 2.62. The summed E-state index contributed by atoms with van der Waals surface area (Å²) in [6.07, 6.45) is 1.48. The van der Waals surface area contributed by atoms with Gasteiger partial charge < -0.3 is 19.3 Å². The molecule has 8 nitrogen and oxygen atoms in total. The highest BCUT2D eigenvalue weighted by atomic mass is 16.3. The fourth-order valence-electron chi connectivity index (χ4n) is 3.20. The zero-order valence-corrected chi connectivity index (χ0v) is 15.2. The molecule has 1 amide bonds. The maximum absolute atomic E-state index is 12.7. The molecule has 0 aliphatic carbocycles. The predicted molar refractivity (Wildman–Crippen MR) is 94.3 cm³/mol. The van der Waals surface area contributed by atoms with Gasteiger partial charge in [0.05, 0.1) is 23.1 Å². The molecule has 1 aliphatic rings. The summed E-state index contributed by atoms with van der Waals surface area (Å²) in [5, 5.41) is 17.7. The maximum atomic E-state index is 12.7. The molecule has 2 aromatic rings. The Morgan fingerprint density at radius 2 is 2.12 bits per heavy atom. The molecule has 0 bridgehead atoms. The second-order valence-corrected chi connectivity index (χ2v) is 6.62. The lowest BCUT2D eigenvalue weighted by Crippen LogP contribution is -2.35. The lowest BCUT2D eigenvalue weighted by molar-refractivity contribution is -0.140. The molecular weight excluding hydrogens is 336 g/mol. The number of carbonyl (C=O) groups excluding carboxylic acids is 2. The average Bonchev–Trinajstić information content (AvgIpc) is 3.27. The van der Waals surface area contributed by atoms with Crippen molar-refractivity contribution in [3.05, 3.63) is 46.7 Å². The number of aromatic nitrogens is 2. The Labute approximate surface area is 151 Å². The molecule has 1 unspecified atom stereocenters. The van der Waals surface area contributed by atoms with Crippen LogP contribution in [-0.4, -0.2) is 64.0 Å². The molecule has 1 saturated heterocycles. The Hall–Kier alpha value is -2.87. The molecule has 1 fully saturated rings. The van der Waals surface area contributed by atoms with E-state index in [1.54, 1.807) is 26.0 Å². The van der Waals surface area contributed by atoms with Gasteiger partial charge in [0.1, 0.15) is 17.6 Å². The van der Waals surface area contributed by atoms with E-state index in [9.17, 15) is 14.7 Å². The molecule has 1 atom stereocenters. The highest BCUT2D eigenvalue weighted by molar-refractivity contribution is 6.46.